The molecule has 0 bridgehead atoms. The van der Waals surface area contributed by atoms with E-state index in [9.17, 15) is 4.79 Å². The number of urea groups is 1. The average Bonchev–Trinajstić information content (AvgIpc) is 2.65. The second kappa shape index (κ2) is 9.20. The normalized spacial score (nSPS) is 21.9. The van der Waals surface area contributed by atoms with Crippen LogP contribution in [0.1, 0.15) is 50.5 Å². The predicted molar refractivity (Wildman–Crippen MR) is 101 cm³/mol. The lowest BCUT2D eigenvalue weighted by atomic mass is 9.94. The van der Waals surface area contributed by atoms with E-state index in [0.29, 0.717) is 12.6 Å². The monoisotopic (exact) mass is 345 g/mol. The molecule has 1 aromatic carbocycles. The Bertz CT molecular complexity index is 552. The van der Waals surface area contributed by atoms with E-state index in [0.717, 1.165) is 31.7 Å². The van der Waals surface area contributed by atoms with E-state index in [1.54, 1.807) is 0 Å². The van der Waals surface area contributed by atoms with Gasteiger partial charge in [0.25, 0.3) is 0 Å². The van der Waals surface area contributed by atoms with Crippen molar-refractivity contribution in [3.63, 3.8) is 0 Å². The van der Waals surface area contributed by atoms with Crippen molar-refractivity contribution in [2.75, 3.05) is 25.6 Å². The number of ether oxygens (including phenoxy) is 1. The summed E-state index contributed by atoms with van der Waals surface area (Å²) in [7, 11) is 2.20. The highest BCUT2D eigenvalue weighted by Crippen LogP contribution is 2.24. The Balaban J connectivity index is 1.57. The van der Waals surface area contributed by atoms with Crippen LogP contribution in [-0.2, 0) is 11.3 Å². The summed E-state index contributed by atoms with van der Waals surface area (Å²) in [6, 6.07) is 8.76. The molecular weight excluding hydrogens is 314 g/mol. The second-order valence-corrected chi connectivity index (χ2v) is 7.38. The highest BCUT2D eigenvalue weighted by molar-refractivity contribution is 5.90. The summed E-state index contributed by atoms with van der Waals surface area (Å²) in [5.41, 5.74) is 2.07. The summed E-state index contributed by atoms with van der Waals surface area (Å²) in [6.07, 6.45) is 8.60. The molecule has 0 aromatic heterocycles. The van der Waals surface area contributed by atoms with Crippen molar-refractivity contribution in [3.05, 3.63) is 29.8 Å². The number of nitrogens with one attached hydrogen (secondary N) is 2. The Morgan fingerprint density at radius 2 is 1.96 bits per heavy atom. The van der Waals surface area contributed by atoms with Crippen molar-refractivity contribution >= 4 is 11.7 Å². The van der Waals surface area contributed by atoms with Gasteiger partial charge in [0.1, 0.15) is 0 Å². The lowest BCUT2D eigenvalue weighted by molar-refractivity contribution is 0.0739. The van der Waals surface area contributed by atoms with E-state index >= 15 is 0 Å². The van der Waals surface area contributed by atoms with Gasteiger partial charge in [-0.15, -0.1) is 0 Å². The number of amides is 2. The third-order valence-electron chi connectivity index (χ3n) is 5.38. The van der Waals surface area contributed by atoms with Crippen LogP contribution in [-0.4, -0.2) is 43.3 Å². The summed E-state index contributed by atoms with van der Waals surface area (Å²) in [4.78, 5) is 14.8. The molecule has 0 radical (unpaired) electrons. The molecular formula is C20H31N3O2. The zero-order valence-corrected chi connectivity index (χ0v) is 15.3. The molecule has 1 aromatic rings. The SMILES string of the molecule is CN(Cc1ccccc1NC(=O)NC1CCCOC1)C1CCCCC1. The Morgan fingerprint density at radius 1 is 1.16 bits per heavy atom. The molecule has 2 N–H and O–H groups in total. The van der Waals surface area contributed by atoms with Gasteiger partial charge in [0.15, 0.2) is 0 Å². The highest BCUT2D eigenvalue weighted by Gasteiger charge is 2.20. The average molecular weight is 345 g/mol. The Kier molecular flexibility index (Phi) is 6.70. The van der Waals surface area contributed by atoms with Gasteiger partial charge in [0, 0.05) is 24.9 Å². The fraction of sp³-hybridized carbons (Fsp3) is 0.650. The molecule has 2 aliphatic rings. The lowest BCUT2D eigenvalue weighted by Gasteiger charge is -2.31. The van der Waals surface area contributed by atoms with E-state index in [-0.39, 0.29) is 12.1 Å². The van der Waals surface area contributed by atoms with Gasteiger partial charge < -0.3 is 15.4 Å². The summed E-state index contributed by atoms with van der Waals surface area (Å²) in [5, 5.41) is 6.06. The molecule has 138 valence electrons. The summed E-state index contributed by atoms with van der Waals surface area (Å²) in [6.45, 7) is 2.28. The van der Waals surface area contributed by atoms with Crippen molar-refractivity contribution in [2.24, 2.45) is 0 Å². The fourth-order valence-electron chi connectivity index (χ4n) is 3.90. The van der Waals surface area contributed by atoms with Crippen LogP contribution in [0.3, 0.4) is 0 Å². The van der Waals surface area contributed by atoms with Crippen LogP contribution in [0, 0.1) is 0 Å². The fourth-order valence-corrected chi connectivity index (χ4v) is 3.90. The molecule has 1 saturated carbocycles. The van der Waals surface area contributed by atoms with Gasteiger partial charge in [0.2, 0.25) is 0 Å². The van der Waals surface area contributed by atoms with Crippen LogP contribution in [0.25, 0.3) is 0 Å². The number of hydrogen-bond acceptors (Lipinski definition) is 3. The molecule has 2 fully saturated rings. The van der Waals surface area contributed by atoms with E-state index in [1.807, 2.05) is 18.2 Å². The zero-order valence-electron chi connectivity index (χ0n) is 15.3. The predicted octanol–water partition coefficient (Wildman–Crippen LogP) is 3.75. The first-order valence-electron chi connectivity index (χ1n) is 9.66. The summed E-state index contributed by atoms with van der Waals surface area (Å²) in [5.74, 6) is 0. The van der Waals surface area contributed by atoms with Gasteiger partial charge >= 0.3 is 6.03 Å². The minimum absolute atomic E-state index is 0.117. The number of hydrogen-bond donors (Lipinski definition) is 2. The van der Waals surface area contributed by atoms with Gasteiger partial charge in [-0.1, -0.05) is 37.5 Å². The summed E-state index contributed by atoms with van der Waals surface area (Å²) < 4.78 is 5.43. The molecule has 5 nitrogen and oxygen atoms in total. The maximum atomic E-state index is 12.3. The van der Waals surface area contributed by atoms with Gasteiger partial charge in [-0.3, -0.25) is 4.90 Å². The zero-order chi connectivity index (χ0) is 17.5. The molecule has 1 aliphatic heterocycles. The highest BCUT2D eigenvalue weighted by atomic mass is 16.5. The molecule has 1 saturated heterocycles. The van der Waals surface area contributed by atoms with Crippen molar-refractivity contribution in [1.29, 1.82) is 0 Å². The molecule has 0 spiro atoms. The van der Waals surface area contributed by atoms with E-state index < -0.39 is 0 Å². The van der Waals surface area contributed by atoms with E-state index in [4.69, 9.17) is 4.74 Å². The number of carbonyl (C=O) groups is 1. The molecule has 1 unspecified atom stereocenters. The quantitative estimate of drug-likeness (QED) is 0.854. The number of anilines is 1. The maximum absolute atomic E-state index is 12.3. The van der Waals surface area contributed by atoms with Crippen LogP contribution in [0.4, 0.5) is 10.5 Å². The lowest BCUT2D eigenvalue weighted by Crippen LogP contribution is -2.43. The Labute approximate surface area is 151 Å². The first-order chi connectivity index (χ1) is 12.2. The van der Waals surface area contributed by atoms with Crippen LogP contribution in [0.5, 0.6) is 0 Å². The first-order valence-corrected chi connectivity index (χ1v) is 9.66. The largest absolute Gasteiger partial charge is 0.379 e. The third kappa shape index (κ3) is 5.44. The van der Waals surface area contributed by atoms with Crippen LogP contribution in [0.15, 0.2) is 24.3 Å². The van der Waals surface area contributed by atoms with Gasteiger partial charge in [0.05, 0.1) is 12.6 Å². The van der Waals surface area contributed by atoms with Crippen molar-refractivity contribution in [3.8, 4) is 0 Å². The minimum Gasteiger partial charge on any atom is -0.379 e. The second-order valence-electron chi connectivity index (χ2n) is 7.38. The Morgan fingerprint density at radius 3 is 2.72 bits per heavy atom. The van der Waals surface area contributed by atoms with Crippen molar-refractivity contribution < 1.29 is 9.53 Å². The standard InChI is InChI=1S/C20H31N3O2/c1-23(18-10-3-2-4-11-18)14-16-8-5-6-12-19(16)22-20(24)21-17-9-7-13-25-15-17/h5-6,8,12,17-18H,2-4,7,9-11,13-15H2,1H3,(H2,21,22,24). The number of benzene rings is 1. The molecule has 1 atom stereocenters. The number of carbonyl (C=O) groups excluding carboxylic acids is 1. The molecule has 1 aliphatic carbocycles. The molecule has 25 heavy (non-hydrogen) atoms. The molecule has 5 heteroatoms. The van der Waals surface area contributed by atoms with Crippen LogP contribution >= 0.6 is 0 Å². The van der Waals surface area contributed by atoms with Crippen molar-refractivity contribution in [2.45, 2.75) is 63.6 Å². The van der Waals surface area contributed by atoms with Gasteiger partial charge in [-0.05, 0) is 44.4 Å². The molecule has 3 rings (SSSR count). The smallest absolute Gasteiger partial charge is 0.319 e. The third-order valence-corrected chi connectivity index (χ3v) is 5.38. The van der Waals surface area contributed by atoms with E-state index in [2.05, 4.69) is 28.6 Å². The molecule has 2 amide bonds. The topological polar surface area (TPSA) is 53.6 Å². The first kappa shape index (κ1) is 18.2. The van der Waals surface area contributed by atoms with Gasteiger partial charge in [-0.2, -0.15) is 0 Å². The van der Waals surface area contributed by atoms with Crippen LogP contribution < -0.4 is 10.6 Å². The summed E-state index contributed by atoms with van der Waals surface area (Å²) >= 11 is 0. The number of para-hydroxylation sites is 1. The van der Waals surface area contributed by atoms with Crippen LogP contribution in [0.2, 0.25) is 0 Å². The Hall–Kier alpha value is -1.59. The molecule has 1 heterocycles. The maximum Gasteiger partial charge on any atom is 0.319 e. The number of rotatable bonds is 5. The number of nitrogens with zero attached hydrogens (tertiary/aromatic N) is 1. The van der Waals surface area contributed by atoms with Gasteiger partial charge in [-0.25, -0.2) is 4.79 Å². The minimum atomic E-state index is -0.136. The van der Waals surface area contributed by atoms with E-state index in [1.165, 1.54) is 37.7 Å². The van der Waals surface area contributed by atoms with Crippen molar-refractivity contribution in [1.82, 2.24) is 10.2 Å².